The van der Waals surface area contributed by atoms with E-state index >= 15 is 0 Å². The Morgan fingerprint density at radius 1 is 1.08 bits per heavy atom. The maximum absolute atomic E-state index is 12.5. The summed E-state index contributed by atoms with van der Waals surface area (Å²) < 4.78 is 3.96. The number of nitrogens with one attached hydrogen (secondary N) is 3. The molecule has 5 heterocycles. The van der Waals surface area contributed by atoms with Crippen LogP contribution in [0.2, 0.25) is 5.02 Å². The van der Waals surface area contributed by atoms with Crippen molar-refractivity contribution in [2.45, 2.75) is 70.6 Å². The Kier molecular flexibility index (Phi) is 8.70. The minimum Gasteiger partial charge on any atom is -0.390 e. The number of hydrogen-bond acceptors (Lipinski definition) is 9. The highest BCUT2D eigenvalue weighted by Gasteiger charge is 2.32. The molecule has 2 saturated heterocycles. The number of hydrogen-bond donors (Lipinski definition) is 4. The Morgan fingerprint density at radius 3 is 2.65 bits per heavy atom. The summed E-state index contributed by atoms with van der Waals surface area (Å²) in [5.74, 6) is 0.538. The zero-order valence-corrected chi connectivity index (χ0v) is 29.0. The van der Waals surface area contributed by atoms with Gasteiger partial charge < -0.3 is 25.2 Å². The second kappa shape index (κ2) is 13.0. The van der Waals surface area contributed by atoms with E-state index in [0.717, 1.165) is 52.7 Å². The Morgan fingerprint density at radius 2 is 1.88 bits per heavy atom. The van der Waals surface area contributed by atoms with Crippen LogP contribution < -0.4 is 20.9 Å². The van der Waals surface area contributed by atoms with Crippen molar-refractivity contribution < 1.29 is 14.7 Å². The fourth-order valence-corrected chi connectivity index (χ4v) is 7.07. The maximum Gasteiger partial charge on any atom is 0.235 e. The lowest BCUT2D eigenvalue weighted by Crippen LogP contribution is -2.46. The average molecular weight is 684 g/mol. The van der Waals surface area contributed by atoms with Crippen LogP contribution in [-0.4, -0.2) is 66.0 Å². The van der Waals surface area contributed by atoms with Crippen molar-refractivity contribution in [2.75, 3.05) is 28.6 Å². The highest BCUT2D eigenvalue weighted by atomic mass is 35.5. The summed E-state index contributed by atoms with van der Waals surface area (Å²) >= 11 is 6.58. The van der Waals surface area contributed by atoms with Crippen LogP contribution in [0.25, 0.3) is 21.8 Å². The molecule has 3 atom stereocenters. The molecule has 13 heteroatoms. The fourth-order valence-electron chi connectivity index (χ4n) is 6.93. The van der Waals surface area contributed by atoms with Gasteiger partial charge in [0.25, 0.3) is 0 Å². The van der Waals surface area contributed by atoms with Crippen LogP contribution in [-0.2, 0) is 23.2 Å². The van der Waals surface area contributed by atoms with E-state index in [4.69, 9.17) is 16.6 Å². The molecule has 4 N–H and O–H groups in total. The molecule has 0 radical (unpaired) electrons. The molecule has 2 aliphatic heterocycles. The summed E-state index contributed by atoms with van der Waals surface area (Å²) in [6.07, 6.45) is 6.02. The van der Waals surface area contributed by atoms with E-state index in [-0.39, 0.29) is 17.9 Å². The first-order valence-corrected chi connectivity index (χ1v) is 17.2. The predicted octanol–water partition coefficient (Wildman–Crippen LogP) is 5.72. The van der Waals surface area contributed by atoms with Crippen molar-refractivity contribution in [3.63, 3.8) is 0 Å². The van der Waals surface area contributed by atoms with Crippen LogP contribution in [0.3, 0.4) is 0 Å². The van der Waals surface area contributed by atoms with Gasteiger partial charge >= 0.3 is 0 Å². The van der Waals surface area contributed by atoms with Crippen molar-refractivity contribution in [3.05, 3.63) is 65.6 Å². The largest absolute Gasteiger partial charge is 0.390 e. The first-order chi connectivity index (χ1) is 23.4. The Labute approximate surface area is 289 Å². The number of aromatic nitrogens is 5. The van der Waals surface area contributed by atoms with E-state index < -0.39 is 11.5 Å². The number of rotatable bonds is 9. The molecule has 2 fully saturated rings. The van der Waals surface area contributed by atoms with Gasteiger partial charge in [-0.3, -0.25) is 19.6 Å². The minimum atomic E-state index is -0.737. The lowest BCUT2D eigenvalue weighted by Gasteiger charge is -2.37. The third-order valence-electron chi connectivity index (χ3n) is 9.72. The van der Waals surface area contributed by atoms with E-state index in [1.165, 1.54) is 0 Å². The van der Waals surface area contributed by atoms with Crippen LogP contribution in [0.5, 0.6) is 0 Å². The Hall–Kier alpha value is -4.68. The van der Waals surface area contributed by atoms with Gasteiger partial charge in [0.05, 0.1) is 34.4 Å². The number of anilines is 4. The van der Waals surface area contributed by atoms with Crippen LogP contribution >= 0.6 is 11.6 Å². The molecular formula is C36H42ClN9O3. The second-order valence-electron chi connectivity index (χ2n) is 14.0. The first kappa shape index (κ1) is 32.8. The number of aryl methyl sites for hydroxylation is 2. The number of halogens is 1. The topological polar surface area (TPSA) is 142 Å². The van der Waals surface area contributed by atoms with Gasteiger partial charge in [-0.2, -0.15) is 10.1 Å². The zero-order chi connectivity index (χ0) is 34.4. The van der Waals surface area contributed by atoms with E-state index in [1.807, 2.05) is 50.0 Å². The monoisotopic (exact) mass is 683 g/mol. The number of imide groups is 1. The highest BCUT2D eigenvalue weighted by Crippen LogP contribution is 2.33. The average Bonchev–Trinajstić information content (AvgIpc) is 3.61. The smallest absolute Gasteiger partial charge is 0.235 e. The second-order valence-corrected chi connectivity index (χ2v) is 14.5. The number of aliphatic hydroxyl groups is 1. The summed E-state index contributed by atoms with van der Waals surface area (Å²) in [4.78, 5) is 35.8. The lowest BCUT2D eigenvalue weighted by molar-refractivity contribution is -0.134. The molecule has 3 aromatic heterocycles. The number of fused-ring (bicyclic) bond motifs is 2. The minimum absolute atomic E-state index is 0.229. The SMILES string of the molecule is C[C@@H]1CN(c2ncc(Cl)c(Nc3ccc4ccn(CCC(C)(C)O)c4c3)n2)CC[C@H]1Nc1ccc2c(C3CCC(=O)NC3=O)nn(C)c2c1. The van der Waals surface area contributed by atoms with Gasteiger partial charge in [0.2, 0.25) is 17.8 Å². The number of nitrogens with zero attached hydrogens (tertiary/aromatic N) is 6. The molecule has 2 aromatic carbocycles. The molecule has 0 saturated carbocycles. The molecule has 49 heavy (non-hydrogen) atoms. The number of amides is 2. The van der Waals surface area contributed by atoms with Crippen molar-refractivity contribution in [2.24, 2.45) is 13.0 Å². The molecule has 0 spiro atoms. The number of carbonyl (C=O) groups is 2. The zero-order valence-electron chi connectivity index (χ0n) is 28.2. The van der Waals surface area contributed by atoms with Gasteiger partial charge in [0, 0.05) is 62.1 Å². The third kappa shape index (κ3) is 6.93. The first-order valence-electron chi connectivity index (χ1n) is 16.8. The van der Waals surface area contributed by atoms with E-state index in [2.05, 4.69) is 66.7 Å². The van der Waals surface area contributed by atoms with E-state index in [1.54, 1.807) is 6.20 Å². The summed E-state index contributed by atoms with van der Waals surface area (Å²) in [6.45, 7) is 8.13. The molecule has 2 aliphatic rings. The molecule has 5 aromatic rings. The highest BCUT2D eigenvalue weighted by molar-refractivity contribution is 6.33. The summed E-state index contributed by atoms with van der Waals surface area (Å²) in [7, 11) is 1.88. The Balaban J connectivity index is 1.02. The molecule has 2 amide bonds. The molecule has 1 unspecified atom stereocenters. The van der Waals surface area contributed by atoms with E-state index in [0.29, 0.717) is 54.2 Å². The molecule has 0 bridgehead atoms. The fraction of sp³-hybridized carbons (Fsp3) is 0.417. The van der Waals surface area contributed by atoms with Crippen molar-refractivity contribution in [1.29, 1.82) is 0 Å². The predicted molar refractivity (Wildman–Crippen MR) is 192 cm³/mol. The van der Waals surface area contributed by atoms with Crippen molar-refractivity contribution >= 4 is 68.4 Å². The third-order valence-corrected chi connectivity index (χ3v) is 10.00. The quantitative estimate of drug-likeness (QED) is 0.144. The van der Waals surface area contributed by atoms with Gasteiger partial charge in [-0.25, -0.2) is 4.98 Å². The van der Waals surface area contributed by atoms with Gasteiger partial charge in [-0.05, 0) is 80.8 Å². The summed E-state index contributed by atoms with van der Waals surface area (Å²) in [5, 5.41) is 27.0. The van der Waals surface area contributed by atoms with Crippen molar-refractivity contribution in [3.8, 4) is 0 Å². The molecule has 12 nitrogen and oxygen atoms in total. The summed E-state index contributed by atoms with van der Waals surface area (Å²) in [6, 6.07) is 14.6. The lowest BCUT2D eigenvalue weighted by atomic mass is 9.92. The summed E-state index contributed by atoms with van der Waals surface area (Å²) in [5.41, 5.74) is 3.84. The van der Waals surface area contributed by atoms with Gasteiger partial charge in [-0.1, -0.05) is 24.6 Å². The van der Waals surface area contributed by atoms with Crippen LogP contribution in [0.1, 0.15) is 58.1 Å². The Bertz CT molecular complexity index is 2050. The van der Waals surface area contributed by atoms with Crippen LogP contribution in [0, 0.1) is 5.92 Å². The number of carbonyl (C=O) groups excluding carboxylic acids is 2. The molecule has 0 aliphatic carbocycles. The normalized spacial score (nSPS) is 20.2. The molecular weight excluding hydrogens is 642 g/mol. The van der Waals surface area contributed by atoms with E-state index in [9.17, 15) is 14.7 Å². The standard InChI is InChI=1S/C36H42ClN9O3/c1-21-20-46(15-12-28(21)39-23-7-8-25-30(18-23)44(4)43-32(25)26-9-10-31(47)41-34(26)48)35-38-19-27(37)33(42-35)40-24-6-5-22-11-14-45(29(22)17-24)16-13-36(2,3)49/h5-8,11,14,17-19,21,26,28,39,49H,9-10,12-13,15-16,20H2,1-4H3,(H,38,40,42)(H,41,47,48)/t21-,26?,28-/m1/s1. The molecule has 7 rings (SSSR count). The van der Waals surface area contributed by atoms with Crippen LogP contribution in [0.4, 0.5) is 23.1 Å². The maximum atomic E-state index is 12.5. The van der Waals surface area contributed by atoms with Crippen molar-refractivity contribution in [1.82, 2.24) is 29.6 Å². The van der Waals surface area contributed by atoms with Gasteiger partial charge in [0.1, 0.15) is 5.02 Å². The molecule has 256 valence electrons. The van der Waals surface area contributed by atoms with Crippen LogP contribution in [0.15, 0.2) is 54.9 Å². The van der Waals surface area contributed by atoms with Gasteiger partial charge in [0.15, 0.2) is 5.82 Å². The van der Waals surface area contributed by atoms with Gasteiger partial charge in [-0.15, -0.1) is 0 Å². The number of benzene rings is 2. The number of piperidine rings is 2.